The van der Waals surface area contributed by atoms with Crippen molar-refractivity contribution in [3.63, 3.8) is 0 Å². The van der Waals surface area contributed by atoms with Crippen LogP contribution in [0.15, 0.2) is 212 Å². The average Bonchev–Trinajstić information content (AvgIpc) is 3.31. The Balaban J connectivity index is 1.12. The highest BCUT2D eigenvalue weighted by Crippen LogP contribution is 2.46. The van der Waals surface area contributed by atoms with Gasteiger partial charge >= 0.3 is 0 Å². The van der Waals surface area contributed by atoms with Crippen molar-refractivity contribution in [2.45, 2.75) is 20.8 Å². The van der Waals surface area contributed by atoms with E-state index in [0.29, 0.717) is 0 Å². The summed E-state index contributed by atoms with van der Waals surface area (Å²) in [4.78, 5) is 7.37. The fraction of sp³-hybridized carbons (Fsp3) is 0.0526. The molecule has 0 radical (unpaired) electrons. The number of rotatable bonds is 7. The predicted octanol–water partition coefficient (Wildman–Crippen LogP) is 13.5. The standard InChI is InChI=1S/C57H44BN3/c1-39-17-26-48(27-18-39)60-53-36-21-41(3)37-52(53)58-51-35-34-50(38-56(51)61(49-28-19-40(2)20-29-49)55-16-10-15-54(60)57(55)58)59(46-30-22-44(23-31-46)42-11-6-4-7-12-42)47-32-24-45(25-33-47)43-13-8-5-9-14-43/h4-38H,1-3H3. The van der Waals surface area contributed by atoms with Gasteiger partial charge in [0.2, 0.25) is 0 Å². The van der Waals surface area contributed by atoms with Crippen LogP contribution in [0.3, 0.4) is 0 Å². The molecule has 11 rings (SSSR count). The van der Waals surface area contributed by atoms with Gasteiger partial charge in [0.1, 0.15) is 0 Å². The number of fused-ring (bicyclic) bond motifs is 4. The molecule has 4 heteroatoms. The van der Waals surface area contributed by atoms with Crippen molar-refractivity contribution >= 4 is 74.3 Å². The van der Waals surface area contributed by atoms with Gasteiger partial charge in [-0.15, -0.1) is 0 Å². The van der Waals surface area contributed by atoms with Crippen LogP contribution in [0.1, 0.15) is 16.7 Å². The highest BCUT2D eigenvalue weighted by Gasteiger charge is 2.43. The minimum Gasteiger partial charge on any atom is -0.311 e. The molecule has 0 aliphatic carbocycles. The lowest BCUT2D eigenvalue weighted by Gasteiger charge is -2.44. The summed E-state index contributed by atoms with van der Waals surface area (Å²) in [5.74, 6) is 0. The van der Waals surface area contributed by atoms with E-state index in [1.807, 2.05) is 0 Å². The summed E-state index contributed by atoms with van der Waals surface area (Å²) in [6.45, 7) is 6.57. The van der Waals surface area contributed by atoms with Gasteiger partial charge in [0, 0.05) is 51.2 Å². The third-order valence-electron chi connectivity index (χ3n) is 12.4. The minimum absolute atomic E-state index is 0.0392. The number of anilines is 9. The Morgan fingerprint density at radius 1 is 0.328 bits per heavy atom. The summed E-state index contributed by atoms with van der Waals surface area (Å²) in [5.41, 5.74) is 22.9. The van der Waals surface area contributed by atoms with Gasteiger partial charge in [-0.3, -0.25) is 0 Å². The van der Waals surface area contributed by atoms with E-state index in [0.717, 1.165) is 28.4 Å². The smallest absolute Gasteiger partial charge is 0.252 e. The first-order chi connectivity index (χ1) is 30.0. The van der Waals surface area contributed by atoms with Gasteiger partial charge in [0.15, 0.2) is 0 Å². The highest BCUT2D eigenvalue weighted by molar-refractivity contribution is 7.00. The Morgan fingerprint density at radius 3 is 1.31 bits per heavy atom. The van der Waals surface area contributed by atoms with E-state index in [1.165, 1.54) is 78.1 Å². The molecule has 0 fully saturated rings. The van der Waals surface area contributed by atoms with E-state index in [-0.39, 0.29) is 6.71 Å². The fourth-order valence-corrected chi connectivity index (χ4v) is 9.44. The topological polar surface area (TPSA) is 9.72 Å². The van der Waals surface area contributed by atoms with Gasteiger partial charge in [-0.05, 0) is 138 Å². The van der Waals surface area contributed by atoms with Crippen molar-refractivity contribution in [1.29, 1.82) is 0 Å². The number of benzene rings is 9. The second-order valence-electron chi connectivity index (χ2n) is 16.5. The van der Waals surface area contributed by atoms with Crippen LogP contribution in [0.4, 0.5) is 51.2 Å². The van der Waals surface area contributed by atoms with E-state index in [2.05, 4.69) is 248 Å². The molecule has 290 valence electrons. The maximum atomic E-state index is 2.50. The molecule has 0 unspecified atom stereocenters. The van der Waals surface area contributed by atoms with Crippen molar-refractivity contribution in [2.24, 2.45) is 0 Å². The van der Waals surface area contributed by atoms with Gasteiger partial charge in [-0.2, -0.15) is 0 Å². The molecule has 0 aromatic heterocycles. The maximum absolute atomic E-state index is 2.50. The van der Waals surface area contributed by atoms with Crippen molar-refractivity contribution in [3.05, 3.63) is 229 Å². The molecular weight excluding hydrogens is 737 g/mol. The molecule has 9 aromatic rings. The van der Waals surface area contributed by atoms with Crippen LogP contribution < -0.4 is 31.1 Å². The molecule has 0 spiro atoms. The van der Waals surface area contributed by atoms with E-state index in [1.54, 1.807) is 0 Å². The second-order valence-corrected chi connectivity index (χ2v) is 16.5. The molecule has 2 aliphatic heterocycles. The third-order valence-corrected chi connectivity index (χ3v) is 12.4. The zero-order valence-corrected chi connectivity index (χ0v) is 34.6. The summed E-state index contributed by atoms with van der Waals surface area (Å²) in [7, 11) is 0. The lowest BCUT2D eigenvalue weighted by atomic mass is 9.33. The van der Waals surface area contributed by atoms with Crippen LogP contribution in [0.5, 0.6) is 0 Å². The molecule has 0 bridgehead atoms. The monoisotopic (exact) mass is 781 g/mol. The van der Waals surface area contributed by atoms with E-state index >= 15 is 0 Å². The van der Waals surface area contributed by atoms with Gasteiger partial charge in [0.25, 0.3) is 6.71 Å². The fourth-order valence-electron chi connectivity index (χ4n) is 9.44. The van der Waals surface area contributed by atoms with Crippen LogP contribution >= 0.6 is 0 Å². The number of hydrogen-bond acceptors (Lipinski definition) is 3. The summed E-state index contributed by atoms with van der Waals surface area (Å²) in [6, 6.07) is 78.2. The largest absolute Gasteiger partial charge is 0.311 e. The van der Waals surface area contributed by atoms with Crippen LogP contribution in [0.25, 0.3) is 22.3 Å². The molecule has 0 amide bonds. The van der Waals surface area contributed by atoms with Crippen LogP contribution in [-0.4, -0.2) is 6.71 Å². The highest BCUT2D eigenvalue weighted by atomic mass is 15.2. The van der Waals surface area contributed by atoms with Crippen molar-refractivity contribution in [1.82, 2.24) is 0 Å². The Bertz CT molecular complexity index is 2950. The Kier molecular flexibility index (Phi) is 8.93. The average molecular weight is 782 g/mol. The van der Waals surface area contributed by atoms with Crippen LogP contribution in [0, 0.1) is 20.8 Å². The Labute approximate surface area is 359 Å². The number of hydrogen-bond donors (Lipinski definition) is 0. The lowest BCUT2D eigenvalue weighted by Crippen LogP contribution is -2.61. The van der Waals surface area contributed by atoms with Gasteiger partial charge in [-0.1, -0.05) is 150 Å². The Hall–Kier alpha value is -7.56. The zero-order chi connectivity index (χ0) is 41.0. The normalized spacial score (nSPS) is 12.4. The van der Waals surface area contributed by atoms with Crippen molar-refractivity contribution in [3.8, 4) is 22.3 Å². The van der Waals surface area contributed by atoms with E-state index in [4.69, 9.17) is 0 Å². The van der Waals surface area contributed by atoms with Gasteiger partial charge in [-0.25, -0.2) is 0 Å². The van der Waals surface area contributed by atoms with Gasteiger partial charge in [0.05, 0.1) is 0 Å². The Morgan fingerprint density at radius 2 is 0.787 bits per heavy atom. The zero-order valence-electron chi connectivity index (χ0n) is 34.6. The van der Waals surface area contributed by atoms with E-state index in [9.17, 15) is 0 Å². The molecule has 9 aromatic carbocycles. The summed E-state index contributed by atoms with van der Waals surface area (Å²) in [6.07, 6.45) is 0. The third kappa shape index (κ3) is 6.40. The first-order valence-corrected chi connectivity index (χ1v) is 21.2. The molecule has 61 heavy (non-hydrogen) atoms. The molecule has 2 heterocycles. The summed E-state index contributed by atoms with van der Waals surface area (Å²) < 4.78 is 0. The number of nitrogens with zero attached hydrogens (tertiary/aromatic N) is 3. The molecule has 0 N–H and O–H groups in total. The number of aryl methyl sites for hydroxylation is 3. The van der Waals surface area contributed by atoms with E-state index < -0.39 is 0 Å². The molecule has 0 saturated heterocycles. The van der Waals surface area contributed by atoms with Crippen molar-refractivity contribution < 1.29 is 0 Å². The molecule has 0 saturated carbocycles. The van der Waals surface area contributed by atoms with Crippen molar-refractivity contribution in [2.75, 3.05) is 14.7 Å². The quantitative estimate of drug-likeness (QED) is 0.149. The summed E-state index contributed by atoms with van der Waals surface area (Å²) >= 11 is 0. The first kappa shape index (κ1) is 36.5. The predicted molar refractivity (Wildman–Crippen MR) is 260 cm³/mol. The molecule has 0 atom stereocenters. The SMILES string of the molecule is Cc1ccc(N2c3ccc(C)cc3B3c4ccc(N(c5ccc(-c6ccccc6)cc5)c5ccc(-c6ccccc6)cc5)cc4N(c4ccc(C)cc4)c4cccc2c43)cc1. The van der Waals surface area contributed by atoms with Crippen LogP contribution in [-0.2, 0) is 0 Å². The maximum Gasteiger partial charge on any atom is 0.252 e. The van der Waals surface area contributed by atoms with Crippen LogP contribution in [0.2, 0.25) is 0 Å². The molecule has 2 aliphatic rings. The van der Waals surface area contributed by atoms with Gasteiger partial charge < -0.3 is 14.7 Å². The molecule has 3 nitrogen and oxygen atoms in total. The summed E-state index contributed by atoms with van der Waals surface area (Å²) in [5, 5.41) is 0. The molecular formula is C57H44BN3. The first-order valence-electron chi connectivity index (χ1n) is 21.2. The second kappa shape index (κ2) is 14.9. The lowest BCUT2D eigenvalue weighted by molar-refractivity contribution is 1.23. The minimum atomic E-state index is 0.0392.